The van der Waals surface area contributed by atoms with E-state index in [9.17, 15) is 18.8 Å². The van der Waals surface area contributed by atoms with Crippen molar-refractivity contribution < 1.29 is 13.6 Å². The van der Waals surface area contributed by atoms with Crippen LogP contribution in [0.15, 0.2) is 60.8 Å². The molecule has 6 nitrogen and oxygen atoms in total. The Labute approximate surface area is 194 Å². The van der Waals surface area contributed by atoms with E-state index in [1.165, 1.54) is 24.3 Å². The number of nitrogens with one attached hydrogen (secondary N) is 1. The highest BCUT2D eigenvalue weighted by molar-refractivity contribution is 6.07. The van der Waals surface area contributed by atoms with Gasteiger partial charge in [-0.2, -0.15) is 5.26 Å². The maximum absolute atomic E-state index is 13.8. The molecule has 0 bridgehead atoms. The summed E-state index contributed by atoms with van der Waals surface area (Å²) in [4.78, 5) is 17.2. The van der Waals surface area contributed by atoms with Crippen LogP contribution in [0.2, 0.25) is 0 Å². The summed E-state index contributed by atoms with van der Waals surface area (Å²) in [5, 5.41) is 12.5. The van der Waals surface area contributed by atoms with Crippen LogP contribution in [0.4, 0.5) is 14.6 Å². The van der Waals surface area contributed by atoms with E-state index in [2.05, 4.69) is 16.4 Å². The van der Waals surface area contributed by atoms with Gasteiger partial charge in [-0.05, 0) is 47.5 Å². The number of hydrogen-bond donors (Lipinski definition) is 2. The van der Waals surface area contributed by atoms with E-state index >= 15 is 0 Å². The molecule has 0 aliphatic carbocycles. The molecular formula is C26H19F2N5O. The summed E-state index contributed by atoms with van der Waals surface area (Å²) in [7, 11) is 0. The van der Waals surface area contributed by atoms with Gasteiger partial charge in [-0.1, -0.05) is 18.2 Å². The number of nitrogens with two attached hydrogens (primary N) is 1. The number of nitrogens with zero attached hydrogens (tertiary/aromatic N) is 3. The van der Waals surface area contributed by atoms with Crippen molar-refractivity contribution in [3.8, 4) is 28.5 Å². The molecule has 168 valence electrons. The highest BCUT2D eigenvalue weighted by Crippen LogP contribution is 2.41. The Bertz CT molecular complexity index is 1470. The molecule has 2 aromatic carbocycles. The fraction of sp³-hybridized carbons (Fsp3) is 0.115. The van der Waals surface area contributed by atoms with Gasteiger partial charge in [-0.25, -0.2) is 13.8 Å². The quantitative estimate of drug-likeness (QED) is 0.480. The van der Waals surface area contributed by atoms with Crippen molar-refractivity contribution in [3.05, 3.63) is 94.8 Å². The van der Waals surface area contributed by atoms with Gasteiger partial charge in [0, 0.05) is 42.5 Å². The first kappa shape index (κ1) is 21.3. The third kappa shape index (κ3) is 3.67. The SMILES string of the molecule is N#Cc1cc(F)ccc1Cn1c2c(c(-c3ccc(F)cc3)c1-c1ccnc(N)c1)C(=O)NCC2. The lowest BCUT2D eigenvalue weighted by Crippen LogP contribution is -2.32. The minimum absolute atomic E-state index is 0.214. The molecule has 4 aromatic rings. The van der Waals surface area contributed by atoms with Crippen LogP contribution in [0, 0.1) is 23.0 Å². The van der Waals surface area contributed by atoms with E-state index in [1.54, 1.807) is 36.5 Å². The van der Waals surface area contributed by atoms with Crippen LogP contribution < -0.4 is 11.1 Å². The Morgan fingerprint density at radius 3 is 2.53 bits per heavy atom. The third-order valence-corrected chi connectivity index (χ3v) is 5.95. The molecule has 0 saturated heterocycles. The summed E-state index contributed by atoms with van der Waals surface area (Å²) in [6.45, 7) is 0.683. The number of rotatable bonds is 4. The van der Waals surface area contributed by atoms with E-state index < -0.39 is 5.82 Å². The van der Waals surface area contributed by atoms with Gasteiger partial charge in [-0.15, -0.1) is 0 Å². The summed E-state index contributed by atoms with van der Waals surface area (Å²) in [5.74, 6) is -0.816. The zero-order valence-electron chi connectivity index (χ0n) is 18.0. The predicted molar refractivity (Wildman–Crippen MR) is 124 cm³/mol. The fourth-order valence-electron chi connectivity index (χ4n) is 4.48. The summed E-state index contributed by atoms with van der Waals surface area (Å²) in [6, 6.07) is 15.6. The van der Waals surface area contributed by atoms with Gasteiger partial charge < -0.3 is 15.6 Å². The van der Waals surface area contributed by atoms with Crippen LogP contribution in [-0.4, -0.2) is 22.0 Å². The molecule has 3 heterocycles. The number of aromatic nitrogens is 2. The summed E-state index contributed by atoms with van der Waals surface area (Å²) in [5.41, 5.74) is 10.8. The monoisotopic (exact) mass is 455 g/mol. The number of anilines is 1. The third-order valence-electron chi connectivity index (χ3n) is 5.95. The molecular weight excluding hydrogens is 436 g/mol. The molecule has 5 rings (SSSR count). The minimum Gasteiger partial charge on any atom is -0.384 e. The number of carbonyl (C=O) groups excluding carboxylic acids is 1. The molecule has 34 heavy (non-hydrogen) atoms. The zero-order chi connectivity index (χ0) is 23.8. The van der Waals surface area contributed by atoms with E-state index in [0.717, 1.165) is 11.3 Å². The highest BCUT2D eigenvalue weighted by Gasteiger charge is 2.31. The smallest absolute Gasteiger partial charge is 0.253 e. The molecule has 0 atom stereocenters. The summed E-state index contributed by atoms with van der Waals surface area (Å²) >= 11 is 0. The van der Waals surface area contributed by atoms with Gasteiger partial charge in [0.2, 0.25) is 0 Å². The Kier molecular flexibility index (Phi) is 5.30. The van der Waals surface area contributed by atoms with E-state index in [4.69, 9.17) is 5.73 Å². The van der Waals surface area contributed by atoms with Gasteiger partial charge in [0.25, 0.3) is 5.91 Å². The topological polar surface area (TPSA) is 96.7 Å². The molecule has 8 heteroatoms. The molecule has 0 saturated carbocycles. The van der Waals surface area contributed by atoms with Crippen LogP contribution in [-0.2, 0) is 13.0 Å². The first-order valence-corrected chi connectivity index (χ1v) is 10.7. The second kappa shape index (κ2) is 8.45. The van der Waals surface area contributed by atoms with Gasteiger partial charge in [0.1, 0.15) is 17.5 Å². The number of nitrogen functional groups attached to an aromatic ring is 1. The lowest BCUT2D eigenvalue weighted by molar-refractivity contribution is 0.0946. The Morgan fingerprint density at radius 1 is 1.03 bits per heavy atom. The molecule has 3 N–H and O–H groups in total. The maximum atomic E-state index is 13.8. The second-order valence-electron chi connectivity index (χ2n) is 8.03. The first-order chi connectivity index (χ1) is 16.5. The van der Waals surface area contributed by atoms with Gasteiger partial charge in [0.05, 0.1) is 22.9 Å². The Balaban J connectivity index is 1.84. The molecule has 0 unspecified atom stereocenters. The van der Waals surface area contributed by atoms with Crippen LogP contribution in [0.1, 0.15) is 27.2 Å². The standard InChI is InChI=1S/C26H19F2N5O/c27-19-4-1-15(2-5-19)23-24-21(8-10-32-26(24)34)33(25(23)16-7-9-31-22(30)12-16)14-17-3-6-20(28)11-18(17)13-29/h1-7,9,11-12H,8,10,14H2,(H2,30,31)(H,32,34). The number of halogens is 2. The molecule has 2 aromatic heterocycles. The lowest BCUT2D eigenvalue weighted by Gasteiger charge is -2.18. The Morgan fingerprint density at radius 2 is 1.79 bits per heavy atom. The molecule has 1 aliphatic heterocycles. The lowest BCUT2D eigenvalue weighted by atomic mass is 9.95. The van der Waals surface area contributed by atoms with Crippen molar-refractivity contribution in [1.82, 2.24) is 14.9 Å². The number of pyridine rings is 1. The summed E-state index contributed by atoms with van der Waals surface area (Å²) < 4.78 is 29.5. The molecule has 1 aliphatic rings. The summed E-state index contributed by atoms with van der Waals surface area (Å²) in [6.07, 6.45) is 2.13. The number of amides is 1. The van der Waals surface area contributed by atoms with Gasteiger partial charge >= 0.3 is 0 Å². The van der Waals surface area contributed by atoms with Crippen LogP contribution in [0.25, 0.3) is 22.4 Å². The number of hydrogen-bond acceptors (Lipinski definition) is 4. The number of carbonyl (C=O) groups is 1. The van der Waals surface area contributed by atoms with Crippen molar-refractivity contribution in [3.63, 3.8) is 0 Å². The van der Waals surface area contributed by atoms with Crippen LogP contribution in [0.5, 0.6) is 0 Å². The molecule has 0 fully saturated rings. The van der Waals surface area contributed by atoms with Crippen LogP contribution >= 0.6 is 0 Å². The van der Waals surface area contributed by atoms with E-state index in [0.29, 0.717) is 46.7 Å². The van der Waals surface area contributed by atoms with Crippen molar-refractivity contribution in [1.29, 1.82) is 5.26 Å². The number of fused-ring (bicyclic) bond motifs is 1. The normalized spacial score (nSPS) is 12.7. The molecule has 0 spiro atoms. The van der Waals surface area contributed by atoms with Crippen molar-refractivity contribution in [2.45, 2.75) is 13.0 Å². The zero-order valence-corrected chi connectivity index (χ0v) is 18.0. The van der Waals surface area contributed by atoms with Gasteiger partial charge in [-0.3, -0.25) is 4.79 Å². The van der Waals surface area contributed by atoms with Gasteiger partial charge in [0.15, 0.2) is 0 Å². The Hall–Kier alpha value is -4.51. The molecule has 1 amide bonds. The second-order valence-corrected chi connectivity index (χ2v) is 8.03. The van der Waals surface area contributed by atoms with Crippen molar-refractivity contribution in [2.24, 2.45) is 0 Å². The largest absolute Gasteiger partial charge is 0.384 e. The predicted octanol–water partition coefficient (Wildman–Crippen LogP) is 4.28. The van der Waals surface area contributed by atoms with E-state index in [1.807, 2.05) is 4.57 Å². The van der Waals surface area contributed by atoms with Crippen molar-refractivity contribution >= 4 is 11.7 Å². The number of benzene rings is 2. The highest BCUT2D eigenvalue weighted by atomic mass is 19.1. The number of nitriles is 1. The average molecular weight is 455 g/mol. The van der Waals surface area contributed by atoms with Crippen LogP contribution in [0.3, 0.4) is 0 Å². The average Bonchev–Trinajstić information content (AvgIpc) is 3.16. The fourth-order valence-corrected chi connectivity index (χ4v) is 4.48. The minimum atomic E-state index is -0.497. The first-order valence-electron chi connectivity index (χ1n) is 10.7. The maximum Gasteiger partial charge on any atom is 0.253 e. The molecule has 0 radical (unpaired) electrons. The van der Waals surface area contributed by atoms with Crippen molar-refractivity contribution in [2.75, 3.05) is 12.3 Å². The van der Waals surface area contributed by atoms with E-state index in [-0.39, 0.29) is 23.8 Å².